The molecule has 0 bridgehead atoms. The van der Waals surface area contributed by atoms with Gasteiger partial charge in [-0.1, -0.05) is 44.2 Å². The molecule has 0 spiro atoms. The summed E-state index contributed by atoms with van der Waals surface area (Å²) in [5.41, 5.74) is 2.51. The maximum Gasteiger partial charge on any atom is 0.272 e. The van der Waals surface area contributed by atoms with Crippen molar-refractivity contribution in [2.24, 2.45) is 5.92 Å². The lowest BCUT2D eigenvalue weighted by Crippen LogP contribution is -2.49. The highest BCUT2D eigenvalue weighted by Crippen LogP contribution is 2.31. The van der Waals surface area contributed by atoms with E-state index in [0.29, 0.717) is 31.3 Å². The third kappa shape index (κ3) is 4.22. The molecule has 6 nitrogen and oxygen atoms in total. The first-order chi connectivity index (χ1) is 13.0. The zero-order valence-corrected chi connectivity index (χ0v) is 16.3. The number of morpholine rings is 1. The summed E-state index contributed by atoms with van der Waals surface area (Å²) in [5, 5.41) is 14.4. The SMILES string of the molecule is CCn1nc(CC(C)C)cc1C(=O)N1CCO[C@H](CO)[C@H]1c1ccccc1. The molecule has 1 N–H and O–H groups in total. The van der Waals surface area contributed by atoms with Crippen LogP contribution in [0.5, 0.6) is 0 Å². The Kier molecular flexibility index (Phi) is 6.29. The number of aliphatic hydroxyl groups excluding tert-OH is 1. The van der Waals surface area contributed by atoms with Gasteiger partial charge in [0.25, 0.3) is 5.91 Å². The van der Waals surface area contributed by atoms with Gasteiger partial charge in [-0.15, -0.1) is 0 Å². The van der Waals surface area contributed by atoms with E-state index in [-0.39, 0.29) is 18.6 Å². The van der Waals surface area contributed by atoms with Crippen LogP contribution in [0.3, 0.4) is 0 Å². The first-order valence-corrected chi connectivity index (χ1v) is 9.70. The van der Waals surface area contributed by atoms with Crippen LogP contribution in [0.1, 0.15) is 48.6 Å². The zero-order valence-electron chi connectivity index (χ0n) is 16.3. The van der Waals surface area contributed by atoms with E-state index in [2.05, 4.69) is 18.9 Å². The number of amides is 1. The standard InChI is InChI=1S/C21H29N3O3/c1-4-24-18(13-17(22-24)12-15(2)3)21(26)23-10-11-27-19(14-25)20(23)16-8-6-5-7-9-16/h5-9,13,15,19-20,25H,4,10-12,14H2,1-3H3/t19-,20-/m1/s1. The summed E-state index contributed by atoms with van der Waals surface area (Å²) in [5.74, 6) is 0.419. The lowest BCUT2D eigenvalue weighted by Gasteiger charge is -2.40. The van der Waals surface area contributed by atoms with Gasteiger partial charge < -0.3 is 14.7 Å². The molecular formula is C21H29N3O3. The summed E-state index contributed by atoms with van der Waals surface area (Å²) in [6, 6.07) is 11.4. The molecule has 0 radical (unpaired) electrons. The Morgan fingerprint density at radius 3 is 2.70 bits per heavy atom. The van der Waals surface area contributed by atoms with Crippen molar-refractivity contribution < 1.29 is 14.6 Å². The third-order valence-corrected chi connectivity index (χ3v) is 4.90. The second-order valence-electron chi connectivity index (χ2n) is 7.38. The molecule has 2 atom stereocenters. The summed E-state index contributed by atoms with van der Waals surface area (Å²) in [4.78, 5) is 15.3. The number of aromatic nitrogens is 2. The summed E-state index contributed by atoms with van der Waals surface area (Å²) in [7, 11) is 0. The molecule has 1 aromatic heterocycles. The predicted molar refractivity (Wildman–Crippen MR) is 103 cm³/mol. The minimum absolute atomic E-state index is 0.0602. The van der Waals surface area contributed by atoms with Crippen LogP contribution in [0.4, 0.5) is 0 Å². The molecule has 0 aliphatic carbocycles. The van der Waals surface area contributed by atoms with E-state index in [4.69, 9.17) is 4.74 Å². The molecule has 2 aromatic rings. The summed E-state index contributed by atoms with van der Waals surface area (Å²) in [6.07, 6.45) is 0.413. The number of aliphatic hydroxyl groups is 1. The number of carbonyl (C=O) groups is 1. The van der Waals surface area contributed by atoms with Crippen LogP contribution in [0.25, 0.3) is 0 Å². The van der Waals surface area contributed by atoms with Gasteiger partial charge in [0, 0.05) is 13.1 Å². The average molecular weight is 371 g/mol. The van der Waals surface area contributed by atoms with Crippen LogP contribution < -0.4 is 0 Å². The van der Waals surface area contributed by atoms with Gasteiger partial charge >= 0.3 is 0 Å². The molecule has 146 valence electrons. The molecule has 2 heterocycles. The van der Waals surface area contributed by atoms with Crippen LogP contribution in [0.15, 0.2) is 36.4 Å². The van der Waals surface area contributed by atoms with Crippen molar-refractivity contribution in [2.75, 3.05) is 19.8 Å². The molecule has 0 saturated carbocycles. The van der Waals surface area contributed by atoms with Gasteiger partial charge in [-0.05, 0) is 30.9 Å². The Balaban J connectivity index is 1.95. The van der Waals surface area contributed by atoms with Crippen molar-refractivity contribution in [3.05, 3.63) is 53.3 Å². The fraction of sp³-hybridized carbons (Fsp3) is 0.524. The van der Waals surface area contributed by atoms with Crippen LogP contribution >= 0.6 is 0 Å². The van der Waals surface area contributed by atoms with E-state index < -0.39 is 6.10 Å². The summed E-state index contributed by atoms with van der Waals surface area (Å²) in [6.45, 7) is 7.70. The number of aryl methyl sites for hydroxylation is 1. The Morgan fingerprint density at radius 2 is 2.07 bits per heavy atom. The Hall–Kier alpha value is -2.18. The van der Waals surface area contributed by atoms with Crippen LogP contribution in [0, 0.1) is 5.92 Å². The molecule has 3 rings (SSSR count). The quantitative estimate of drug-likeness (QED) is 0.848. The summed E-state index contributed by atoms with van der Waals surface area (Å²) >= 11 is 0. The number of hydrogen-bond donors (Lipinski definition) is 1. The smallest absolute Gasteiger partial charge is 0.272 e. The van der Waals surface area contributed by atoms with Crippen LogP contribution in [-0.4, -0.2) is 51.6 Å². The fourth-order valence-electron chi connectivity index (χ4n) is 3.71. The zero-order chi connectivity index (χ0) is 19.4. The highest BCUT2D eigenvalue weighted by atomic mass is 16.5. The van der Waals surface area contributed by atoms with E-state index in [1.807, 2.05) is 48.2 Å². The van der Waals surface area contributed by atoms with Crippen molar-refractivity contribution in [1.82, 2.24) is 14.7 Å². The number of nitrogens with zero attached hydrogens (tertiary/aromatic N) is 3. The topological polar surface area (TPSA) is 67.6 Å². The van der Waals surface area contributed by atoms with E-state index in [1.54, 1.807) is 4.68 Å². The normalized spacial score (nSPS) is 20.3. The lowest BCUT2D eigenvalue weighted by molar-refractivity contribution is -0.0813. The highest BCUT2D eigenvalue weighted by Gasteiger charge is 2.37. The van der Waals surface area contributed by atoms with Crippen LogP contribution in [0.2, 0.25) is 0 Å². The first kappa shape index (κ1) is 19.6. The third-order valence-electron chi connectivity index (χ3n) is 4.90. The predicted octanol–water partition coefficient (Wildman–Crippen LogP) is 2.68. The van der Waals surface area contributed by atoms with E-state index >= 15 is 0 Å². The molecule has 1 amide bonds. The summed E-state index contributed by atoms with van der Waals surface area (Å²) < 4.78 is 7.54. The Morgan fingerprint density at radius 1 is 1.33 bits per heavy atom. The van der Waals surface area contributed by atoms with E-state index in [9.17, 15) is 9.90 Å². The average Bonchev–Trinajstić information content (AvgIpc) is 3.09. The van der Waals surface area contributed by atoms with Crippen molar-refractivity contribution in [3.63, 3.8) is 0 Å². The van der Waals surface area contributed by atoms with Gasteiger partial charge in [-0.3, -0.25) is 9.48 Å². The Labute approximate surface area is 160 Å². The van der Waals surface area contributed by atoms with Crippen LogP contribution in [-0.2, 0) is 17.7 Å². The van der Waals surface area contributed by atoms with E-state index in [1.165, 1.54) is 0 Å². The molecule has 0 unspecified atom stereocenters. The van der Waals surface area contributed by atoms with Crippen molar-refractivity contribution in [1.29, 1.82) is 0 Å². The van der Waals surface area contributed by atoms with Gasteiger partial charge in [-0.25, -0.2) is 0 Å². The minimum atomic E-state index is -0.432. The van der Waals surface area contributed by atoms with Crippen molar-refractivity contribution in [3.8, 4) is 0 Å². The van der Waals surface area contributed by atoms with Gasteiger partial charge in [0.2, 0.25) is 0 Å². The molecule has 6 heteroatoms. The molecule has 1 fully saturated rings. The van der Waals surface area contributed by atoms with Gasteiger partial charge in [0.05, 0.1) is 24.9 Å². The van der Waals surface area contributed by atoms with Gasteiger partial charge in [0.1, 0.15) is 11.8 Å². The minimum Gasteiger partial charge on any atom is -0.394 e. The van der Waals surface area contributed by atoms with E-state index in [0.717, 1.165) is 17.7 Å². The van der Waals surface area contributed by atoms with Gasteiger partial charge in [-0.2, -0.15) is 5.10 Å². The van der Waals surface area contributed by atoms with Crippen molar-refractivity contribution in [2.45, 2.75) is 45.9 Å². The molecule has 1 aliphatic rings. The maximum atomic E-state index is 13.5. The highest BCUT2D eigenvalue weighted by molar-refractivity contribution is 5.93. The number of rotatable bonds is 6. The second kappa shape index (κ2) is 8.67. The first-order valence-electron chi connectivity index (χ1n) is 9.70. The molecule has 27 heavy (non-hydrogen) atoms. The molecular weight excluding hydrogens is 342 g/mol. The fourth-order valence-corrected chi connectivity index (χ4v) is 3.71. The lowest BCUT2D eigenvalue weighted by atomic mass is 9.98. The van der Waals surface area contributed by atoms with Gasteiger partial charge in [0.15, 0.2) is 0 Å². The second-order valence-corrected chi connectivity index (χ2v) is 7.38. The number of hydrogen-bond acceptors (Lipinski definition) is 4. The van der Waals surface area contributed by atoms with Crippen molar-refractivity contribution >= 4 is 5.91 Å². The number of ether oxygens (including phenoxy) is 1. The maximum absolute atomic E-state index is 13.5. The monoisotopic (exact) mass is 371 g/mol. The Bertz CT molecular complexity index is 757. The molecule has 1 aliphatic heterocycles. The largest absolute Gasteiger partial charge is 0.394 e. The number of benzene rings is 1. The number of carbonyl (C=O) groups excluding carboxylic acids is 1. The molecule has 1 aromatic carbocycles. The molecule has 1 saturated heterocycles.